The highest BCUT2D eigenvalue weighted by Crippen LogP contribution is 2.38. The Bertz CT molecular complexity index is 1010. The maximum Gasteiger partial charge on any atom is 0.243 e. The predicted octanol–water partition coefficient (Wildman–Crippen LogP) is 2.30. The van der Waals surface area contributed by atoms with Crippen molar-refractivity contribution in [3.8, 4) is 5.75 Å². The molecule has 3 aromatic rings. The van der Waals surface area contributed by atoms with Gasteiger partial charge in [0.05, 0.1) is 0 Å². The third kappa shape index (κ3) is 2.32. The Balaban J connectivity index is 2.61. The number of hydrogen-bond donors (Lipinski definition) is 1. The summed E-state index contributed by atoms with van der Waals surface area (Å²) in [5.74, 6) is -0.0939. The van der Waals surface area contributed by atoms with E-state index in [0.717, 1.165) is 10.00 Å². The molecule has 0 saturated carbocycles. The van der Waals surface area contributed by atoms with Crippen LogP contribution in [0.25, 0.3) is 21.8 Å². The molecule has 0 aliphatic heterocycles. The predicted molar refractivity (Wildman–Crippen MR) is 89.0 cm³/mol. The summed E-state index contributed by atoms with van der Waals surface area (Å²) in [6.45, 7) is 1.95. The number of aromatic nitrogens is 2. The van der Waals surface area contributed by atoms with E-state index in [2.05, 4.69) is 9.97 Å². The molecule has 1 aromatic carbocycles. The van der Waals surface area contributed by atoms with E-state index >= 15 is 0 Å². The zero-order valence-electron chi connectivity index (χ0n) is 13.1. The number of phenolic OH excluding ortho intramolecular Hbond substituents is 1. The summed E-state index contributed by atoms with van der Waals surface area (Å²) in [5.41, 5.74) is 1.27. The minimum Gasteiger partial charge on any atom is -0.504 e. The second-order valence-corrected chi connectivity index (χ2v) is 7.51. The molecule has 0 unspecified atom stereocenters. The summed E-state index contributed by atoms with van der Waals surface area (Å²) in [6.07, 6.45) is 2.20. The lowest BCUT2D eigenvalue weighted by molar-refractivity contribution is 0.484. The number of sulfonamides is 1. The summed E-state index contributed by atoms with van der Waals surface area (Å²) in [5, 5.41) is 11.3. The van der Waals surface area contributed by atoms with Gasteiger partial charge in [-0.05, 0) is 30.7 Å². The van der Waals surface area contributed by atoms with Crippen molar-refractivity contribution >= 4 is 31.8 Å². The monoisotopic (exact) mass is 331 g/mol. The van der Waals surface area contributed by atoms with Gasteiger partial charge in [0.2, 0.25) is 10.0 Å². The van der Waals surface area contributed by atoms with E-state index in [1.54, 1.807) is 24.3 Å². The molecule has 0 aliphatic carbocycles. The number of phenols is 1. The molecule has 23 heavy (non-hydrogen) atoms. The number of nitrogens with zero attached hydrogens (tertiary/aromatic N) is 3. The van der Waals surface area contributed by atoms with Crippen LogP contribution in [0, 0.1) is 0 Å². The Morgan fingerprint density at radius 2 is 1.83 bits per heavy atom. The molecular weight excluding hydrogens is 314 g/mol. The van der Waals surface area contributed by atoms with Gasteiger partial charge in [-0.15, -0.1) is 0 Å². The number of benzene rings is 1. The van der Waals surface area contributed by atoms with Crippen molar-refractivity contribution in [1.82, 2.24) is 14.3 Å². The van der Waals surface area contributed by atoms with Crippen LogP contribution in [0.3, 0.4) is 0 Å². The SMILES string of the molecule is CCc1ccc2c(S(=O)(=O)N(C)C)c3cccnc3c(O)c2n1. The topological polar surface area (TPSA) is 83.4 Å². The molecule has 2 aromatic heterocycles. The van der Waals surface area contributed by atoms with E-state index in [1.165, 1.54) is 20.3 Å². The lowest BCUT2D eigenvalue weighted by Gasteiger charge is -2.17. The number of aromatic hydroxyl groups is 1. The van der Waals surface area contributed by atoms with Gasteiger partial charge in [0.25, 0.3) is 0 Å². The van der Waals surface area contributed by atoms with Crippen molar-refractivity contribution < 1.29 is 13.5 Å². The van der Waals surface area contributed by atoms with Gasteiger partial charge < -0.3 is 5.11 Å². The number of rotatable bonds is 3. The van der Waals surface area contributed by atoms with Gasteiger partial charge in [0, 0.05) is 36.8 Å². The first-order chi connectivity index (χ1) is 10.9. The average molecular weight is 331 g/mol. The number of hydrogen-bond acceptors (Lipinski definition) is 5. The van der Waals surface area contributed by atoms with Crippen molar-refractivity contribution in [2.45, 2.75) is 18.2 Å². The molecule has 1 N–H and O–H groups in total. The Morgan fingerprint density at radius 3 is 2.48 bits per heavy atom. The van der Waals surface area contributed by atoms with Crippen LogP contribution in [-0.2, 0) is 16.4 Å². The fourth-order valence-electron chi connectivity index (χ4n) is 2.56. The lowest BCUT2D eigenvalue weighted by Crippen LogP contribution is -2.23. The second kappa shape index (κ2) is 5.43. The molecule has 0 atom stereocenters. The van der Waals surface area contributed by atoms with E-state index < -0.39 is 10.0 Å². The van der Waals surface area contributed by atoms with Crippen molar-refractivity contribution in [1.29, 1.82) is 0 Å². The first kappa shape index (κ1) is 15.6. The van der Waals surface area contributed by atoms with Crippen LogP contribution in [0.2, 0.25) is 0 Å². The van der Waals surface area contributed by atoms with Gasteiger partial charge >= 0.3 is 0 Å². The van der Waals surface area contributed by atoms with Gasteiger partial charge in [-0.1, -0.05) is 6.92 Å². The van der Waals surface area contributed by atoms with Crippen LogP contribution < -0.4 is 0 Å². The molecular formula is C16H17N3O3S. The zero-order valence-corrected chi connectivity index (χ0v) is 13.9. The minimum absolute atomic E-state index is 0.0939. The summed E-state index contributed by atoms with van der Waals surface area (Å²) >= 11 is 0. The fourth-order valence-corrected chi connectivity index (χ4v) is 3.81. The molecule has 3 rings (SSSR count). The van der Waals surface area contributed by atoms with Gasteiger partial charge in [-0.3, -0.25) is 4.98 Å². The molecule has 6 nitrogen and oxygen atoms in total. The van der Waals surface area contributed by atoms with Crippen LogP contribution in [0.1, 0.15) is 12.6 Å². The van der Waals surface area contributed by atoms with E-state index in [4.69, 9.17) is 0 Å². The molecule has 0 fully saturated rings. The van der Waals surface area contributed by atoms with Crippen molar-refractivity contribution in [2.75, 3.05) is 14.1 Å². The molecule has 0 saturated heterocycles. The van der Waals surface area contributed by atoms with Crippen LogP contribution in [-0.4, -0.2) is 41.9 Å². The highest BCUT2D eigenvalue weighted by atomic mass is 32.2. The molecule has 0 spiro atoms. The van der Waals surface area contributed by atoms with Gasteiger partial charge in [0.1, 0.15) is 15.9 Å². The highest BCUT2D eigenvalue weighted by molar-refractivity contribution is 7.89. The van der Waals surface area contributed by atoms with Crippen LogP contribution in [0.5, 0.6) is 5.75 Å². The van der Waals surface area contributed by atoms with Gasteiger partial charge in [-0.2, -0.15) is 0 Å². The van der Waals surface area contributed by atoms with E-state index in [9.17, 15) is 13.5 Å². The van der Waals surface area contributed by atoms with E-state index in [0.29, 0.717) is 17.2 Å². The standard InChI is InChI=1S/C16H17N3O3S/c1-4-10-7-8-12-14(18-10)15(20)13-11(6-5-9-17-13)16(12)23(21,22)19(2)3/h5-9,20H,4H2,1-3H3. The first-order valence-electron chi connectivity index (χ1n) is 7.19. The third-order valence-corrected chi connectivity index (χ3v) is 5.72. The fraction of sp³-hybridized carbons (Fsp3) is 0.250. The average Bonchev–Trinajstić information content (AvgIpc) is 2.54. The Hall–Kier alpha value is -2.25. The molecule has 7 heteroatoms. The van der Waals surface area contributed by atoms with Crippen molar-refractivity contribution in [3.05, 3.63) is 36.2 Å². The lowest BCUT2D eigenvalue weighted by atomic mass is 10.1. The molecule has 2 heterocycles. The summed E-state index contributed by atoms with van der Waals surface area (Å²) in [4.78, 5) is 8.67. The van der Waals surface area contributed by atoms with E-state index in [1.807, 2.05) is 6.92 Å². The Kier molecular flexibility index (Phi) is 3.69. The third-order valence-electron chi connectivity index (χ3n) is 3.80. The maximum atomic E-state index is 12.8. The molecule has 0 radical (unpaired) electrons. The van der Waals surface area contributed by atoms with Crippen molar-refractivity contribution in [2.24, 2.45) is 0 Å². The first-order valence-corrected chi connectivity index (χ1v) is 8.63. The number of pyridine rings is 2. The van der Waals surface area contributed by atoms with Crippen LogP contribution >= 0.6 is 0 Å². The number of fused-ring (bicyclic) bond motifs is 2. The smallest absolute Gasteiger partial charge is 0.243 e. The normalized spacial score (nSPS) is 12.3. The Morgan fingerprint density at radius 1 is 1.13 bits per heavy atom. The largest absolute Gasteiger partial charge is 0.504 e. The van der Waals surface area contributed by atoms with Crippen molar-refractivity contribution in [3.63, 3.8) is 0 Å². The Labute approximate surface area is 134 Å². The minimum atomic E-state index is -3.72. The molecule has 0 bridgehead atoms. The summed E-state index contributed by atoms with van der Waals surface area (Å²) in [7, 11) is -0.772. The quantitative estimate of drug-likeness (QED) is 0.745. The molecule has 0 amide bonds. The number of aryl methyl sites for hydroxylation is 1. The summed E-state index contributed by atoms with van der Waals surface area (Å²) < 4.78 is 26.8. The molecule has 120 valence electrons. The summed E-state index contributed by atoms with van der Waals surface area (Å²) in [6, 6.07) is 6.77. The zero-order chi connectivity index (χ0) is 16.8. The van der Waals surface area contributed by atoms with Crippen LogP contribution in [0.4, 0.5) is 0 Å². The van der Waals surface area contributed by atoms with Crippen LogP contribution in [0.15, 0.2) is 35.4 Å². The second-order valence-electron chi connectivity index (χ2n) is 5.42. The molecule has 0 aliphatic rings. The highest BCUT2D eigenvalue weighted by Gasteiger charge is 2.26. The van der Waals surface area contributed by atoms with E-state index in [-0.39, 0.29) is 21.7 Å². The maximum absolute atomic E-state index is 12.8. The van der Waals surface area contributed by atoms with Gasteiger partial charge in [-0.25, -0.2) is 17.7 Å². The van der Waals surface area contributed by atoms with Gasteiger partial charge in [0.15, 0.2) is 5.75 Å².